The summed E-state index contributed by atoms with van der Waals surface area (Å²) >= 11 is 1.82. The Morgan fingerprint density at radius 3 is 2.67 bits per heavy atom. The molecule has 2 rings (SSSR count). The molecule has 0 unspecified atom stereocenters. The van der Waals surface area contributed by atoms with E-state index in [0.29, 0.717) is 0 Å². The molecule has 0 aliphatic rings. The fourth-order valence-electron chi connectivity index (χ4n) is 1.85. The lowest BCUT2D eigenvalue weighted by atomic mass is 10.1. The molecule has 0 spiro atoms. The second kappa shape index (κ2) is 5.70. The highest BCUT2D eigenvalue weighted by Crippen LogP contribution is 2.21. The first-order valence-corrected chi connectivity index (χ1v) is 6.87. The molecule has 1 aromatic carbocycles. The van der Waals surface area contributed by atoms with Crippen molar-refractivity contribution in [2.75, 3.05) is 5.32 Å². The lowest BCUT2D eigenvalue weighted by Crippen LogP contribution is -2.00. The van der Waals surface area contributed by atoms with Crippen molar-refractivity contribution in [3.63, 3.8) is 0 Å². The number of nitrogens with zero attached hydrogens (tertiary/aromatic N) is 1. The summed E-state index contributed by atoms with van der Waals surface area (Å²) in [6, 6.07) is 12.5. The number of hydrogen-bond acceptors (Lipinski definition) is 3. The van der Waals surface area contributed by atoms with Crippen LogP contribution in [0.3, 0.4) is 0 Å². The van der Waals surface area contributed by atoms with Crippen LogP contribution in [0.1, 0.15) is 27.8 Å². The molecule has 3 heteroatoms. The van der Waals surface area contributed by atoms with Crippen LogP contribution in [0.5, 0.6) is 0 Å². The van der Waals surface area contributed by atoms with E-state index in [9.17, 15) is 0 Å². The quantitative estimate of drug-likeness (QED) is 0.893. The highest BCUT2D eigenvalue weighted by Gasteiger charge is 2.05. The van der Waals surface area contributed by atoms with Gasteiger partial charge >= 0.3 is 0 Å². The van der Waals surface area contributed by atoms with E-state index < -0.39 is 0 Å². The first kappa shape index (κ1) is 12.7. The Balaban J connectivity index is 2.11. The van der Waals surface area contributed by atoms with E-state index in [-0.39, 0.29) is 0 Å². The van der Waals surface area contributed by atoms with E-state index in [2.05, 4.69) is 30.4 Å². The second-order valence-corrected chi connectivity index (χ2v) is 5.44. The monoisotopic (exact) mass is 256 g/mol. The molecule has 0 saturated carbocycles. The molecule has 0 aliphatic carbocycles. The van der Waals surface area contributed by atoms with Crippen molar-refractivity contribution in [2.24, 2.45) is 0 Å². The molecule has 1 heterocycles. The molecular formula is C15H16N2S. The third kappa shape index (κ3) is 2.72. The van der Waals surface area contributed by atoms with Crippen LogP contribution in [0.15, 0.2) is 30.3 Å². The Labute approximate surface area is 112 Å². The van der Waals surface area contributed by atoms with Crippen LogP contribution in [0.2, 0.25) is 0 Å². The van der Waals surface area contributed by atoms with Crippen molar-refractivity contribution >= 4 is 17.0 Å². The van der Waals surface area contributed by atoms with Gasteiger partial charge in [0.15, 0.2) is 0 Å². The SMILES string of the molecule is CCc1ccc(CNc2cccc(C)c2C#N)s1. The number of benzene rings is 1. The molecule has 0 amide bonds. The summed E-state index contributed by atoms with van der Waals surface area (Å²) in [4.78, 5) is 2.70. The first-order chi connectivity index (χ1) is 8.74. The molecule has 0 radical (unpaired) electrons. The van der Waals surface area contributed by atoms with Crippen molar-refractivity contribution in [1.29, 1.82) is 5.26 Å². The Kier molecular flexibility index (Phi) is 4.01. The number of aryl methyl sites for hydroxylation is 2. The minimum Gasteiger partial charge on any atom is -0.379 e. The third-order valence-electron chi connectivity index (χ3n) is 2.90. The zero-order valence-electron chi connectivity index (χ0n) is 10.7. The van der Waals surface area contributed by atoms with Gasteiger partial charge < -0.3 is 5.32 Å². The summed E-state index contributed by atoms with van der Waals surface area (Å²) in [6.07, 6.45) is 1.08. The smallest absolute Gasteiger partial charge is 0.102 e. The Hall–Kier alpha value is -1.79. The van der Waals surface area contributed by atoms with Gasteiger partial charge in [0.25, 0.3) is 0 Å². The third-order valence-corrected chi connectivity index (χ3v) is 4.13. The van der Waals surface area contributed by atoms with Gasteiger partial charge in [0.1, 0.15) is 6.07 Å². The number of anilines is 1. The molecule has 92 valence electrons. The topological polar surface area (TPSA) is 35.8 Å². The fraction of sp³-hybridized carbons (Fsp3) is 0.267. The van der Waals surface area contributed by atoms with Crippen LogP contribution in [0.4, 0.5) is 5.69 Å². The van der Waals surface area contributed by atoms with Gasteiger partial charge in [-0.15, -0.1) is 11.3 Å². The van der Waals surface area contributed by atoms with Gasteiger partial charge in [-0.2, -0.15) is 5.26 Å². The summed E-state index contributed by atoms with van der Waals surface area (Å²) < 4.78 is 0. The normalized spacial score (nSPS) is 10.1. The summed E-state index contributed by atoms with van der Waals surface area (Å²) in [5.41, 5.74) is 2.68. The number of thiophene rings is 1. The first-order valence-electron chi connectivity index (χ1n) is 6.05. The molecule has 1 aromatic heterocycles. The van der Waals surface area contributed by atoms with Crippen LogP contribution in [0.25, 0.3) is 0 Å². The van der Waals surface area contributed by atoms with Crippen LogP contribution < -0.4 is 5.32 Å². The van der Waals surface area contributed by atoms with Gasteiger partial charge in [-0.25, -0.2) is 0 Å². The van der Waals surface area contributed by atoms with Crippen molar-refractivity contribution in [1.82, 2.24) is 0 Å². The van der Waals surface area contributed by atoms with E-state index in [0.717, 1.165) is 29.8 Å². The van der Waals surface area contributed by atoms with Crippen molar-refractivity contribution in [3.8, 4) is 6.07 Å². The Morgan fingerprint density at radius 1 is 1.22 bits per heavy atom. The lowest BCUT2D eigenvalue weighted by molar-refractivity contribution is 1.18. The minimum atomic E-state index is 0.741. The van der Waals surface area contributed by atoms with Crippen molar-refractivity contribution < 1.29 is 0 Å². The highest BCUT2D eigenvalue weighted by atomic mass is 32.1. The predicted molar refractivity (Wildman–Crippen MR) is 76.9 cm³/mol. The lowest BCUT2D eigenvalue weighted by Gasteiger charge is -2.08. The standard InChI is InChI=1S/C15H16N2S/c1-3-12-7-8-13(18-12)10-17-15-6-4-5-11(2)14(15)9-16/h4-8,17H,3,10H2,1-2H3. The van der Waals surface area contributed by atoms with E-state index >= 15 is 0 Å². The van der Waals surface area contributed by atoms with Gasteiger partial charge in [-0.05, 0) is 37.1 Å². The van der Waals surface area contributed by atoms with Gasteiger partial charge in [-0.1, -0.05) is 19.1 Å². The summed E-state index contributed by atoms with van der Waals surface area (Å²) in [5.74, 6) is 0. The molecule has 0 aliphatic heterocycles. The van der Waals surface area contributed by atoms with Crippen LogP contribution in [-0.4, -0.2) is 0 Å². The Bertz CT molecular complexity index is 578. The zero-order valence-corrected chi connectivity index (χ0v) is 11.5. The maximum Gasteiger partial charge on any atom is 0.102 e. The number of nitrogens with one attached hydrogen (secondary N) is 1. The van der Waals surface area contributed by atoms with Gasteiger partial charge in [0.2, 0.25) is 0 Å². The average molecular weight is 256 g/mol. The summed E-state index contributed by atoms with van der Waals surface area (Å²) in [7, 11) is 0. The Morgan fingerprint density at radius 2 is 2.00 bits per heavy atom. The second-order valence-electron chi connectivity index (χ2n) is 4.18. The highest BCUT2D eigenvalue weighted by molar-refractivity contribution is 7.12. The molecule has 18 heavy (non-hydrogen) atoms. The van der Waals surface area contributed by atoms with Crippen molar-refractivity contribution in [2.45, 2.75) is 26.8 Å². The molecule has 2 aromatic rings. The maximum absolute atomic E-state index is 9.15. The molecule has 0 saturated heterocycles. The van der Waals surface area contributed by atoms with Crippen LogP contribution in [0, 0.1) is 18.3 Å². The molecular weight excluding hydrogens is 240 g/mol. The number of rotatable bonds is 4. The van der Waals surface area contributed by atoms with Gasteiger partial charge in [0, 0.05) is 16.3 Å². The van der Waals surface area contributed by atoms with E-state index in [1.807, 2.05) is 36.5 Å². The number of hydrogen-bond donors (Lipinski definition) is 1. The fourth-order valence-corrected chi connectivity index (χ4v) is 2.75. The molecule has 1 N–H and O–H groups in total. The zero-order chi connectivity index (χ0) is 13.0. The van der Waals surface area contributed by atoms with Crippen LogP contribution in [-0.2, 0) is 13.0 Å². The van der Waals surface area contributed by atoms with E-state index in [1.54, 1.807) is 0 Å². The molecule has 0 atom stereocenters. The number of nitriles is 1. The van der Waals surface area contributed by atoms with Crippen molar-refractivity contribution in [3.05, 3.63) is 51.2 Å². The molecule has 0 bridgehead atoms. The minimum absolute atomic E-state index is 0.741. The maximum atomic E-state index is 9.15. The average Bonchev–Trinajstić information content (AvgIpc) is 2.84. The van der Waals surface area contributed by atoms with Gasteiger partial charge in [-0.3, -0.25) is 0 Å². The van der Waals surface area contributed by atoms with Gasteiger partial charge in [0.05, 0.1) is 11.3 Å². The largest absolute Gasteiger partial charge is 0.379 e. The van der Waals surface area contributed by atoms with E-state index in [4.69, 9.17) is 5.26 Å². The van der Waals surface area contributed by atoms with Crippen LogP contribution >= 0.6 is 11.3 Å². The van der Waals surface area contributed by atoms with E-state index in [1.165, 1.54) is 9.75 Å². The summed E-state index contributed by atoms with van der Waals surface area (Å²) in [6.45, 7) is 4.91. The predicted octanol–water partition coefficient (Wildman–Crippen LogP) is 4.10. The summed E-state index contributed by atoms with van der Waals surface area (Å²) in [5, 5.41) is 12.5. The molecule has 0 fully saturated rings. The molecule has 2 nitrogen and oxygen atoms in total.